The van der Waals surface area contributed by atoms with Crippen LogP contribution in [0.3, 0.4) is 0 Å². The lowest BCUT2D eigenvalue weighted by atomic mass is 9.98. The van der Waals surface area contributed by atoms with Crippen molar-refractivity contribution < 1.29 is 30.0 Å². The molecule has 4 atom stereocenters. The zero-order chi connectivity index (χ0) is 33.3. The summed E-state index contributed by atoms with van der Waals surface area (Å²) in [5.41, 5.74) is 12.1. The molecule has 0 spiro atoms. The van der Waals surface area contributed by atoms with E-state index in [0.717, 1.165) is 103 Å². The van der Waals surface area contributed by atoms with Gasteiger partial charge in [-0.2, -0.15) is 0 Å². The summed E-state index contributed by atoms with van der Waals surface area (Å²) in [6.07, 6.45) is 27.9. The molecule has 0 aromatic carbocycles. The van der Waals surface area contributed by atoms with Crippen molar-refractivity contribution >= 4 is 11.9 Å². The van der Waals surface area contributed by atoms with Crippen molar-refractivity contribution in [2.45, 2.75) is 218 Å². The van der Waals surface area contributed by atoms with E-state index in [-0.39, 0.29) is 37.1 Å². The second-order valence-electron chi connectivity index (χ2n) is 13.0. The molecule has 0 aromatic heterocycles. The van der Waals surface area contributed by atoms with E-state index in [1.807, 2.05) is 0 Å². The molecule has 0 radical (unpaired) electrons. The third-order valence-corrected chi connectivity index (χ3v) is 8.55. The summed E-state index contributed by atoms with van der Waals surface area (Å²) in [7, 11) is 0. The molecule has 4 unspecified atom stereocenters. The van der Waals surface area contributed by atoms with Crippen molar-refractivity contribution in [2.75, 3.05) is 0 Å². The normalized spacial score (nSPS) is 14.0. The van der Waals surface area contributed by atoms with Gasteiger partial charge in [-0.1, -0.05) is 142 Å². The van der Waals surface area contributed by atoms with E-state index < -0.39 is 11.9 Å². The van der Waals surface area contributed by atoms with Crippen LogP contribution in [0.1, 0.15) is 194 Å². The van der Waals surface area contributed by atoms with Crippen molar-refractivity contribution in [2.24, 2.45) is 11.5 Å². The number of rotatable bonds is 32. The Morgan fingerprint density at radius 1 is 0.432 bits per heavy atom. The number of carboxylic acids is 2. The fraction of sp³-hybridized carbons (Fsp3) is 0.944. The summed E-state index contributed by atoms with van der Waals surface area (Å²) >= 11 is 0. The van der Waals surface area contributed by atoms with Crippen LogP contribution in [-0.2, 0) is 9.59 Å². The number of unbranched alkanes of at least 4 members (excludes halogenated alkanes) is 18. The average molecular weight is 631 g/mol. The summed E-state index contributed by atoms with van der Waals surface area (Å²) in [4.78, 5) is 20.7. The largest absolute Gasteiger partial charge is 0.481 e. The number of nitrogens with two attached hydrogens (primary N) is 2. The van der Waals surface area contributed by atoms with Crippen molar-refractivity contribution in [3.63, 3.8) is 0 Å². The van der Waals surface area contributed by atoms with E-state index in [9.17, 15) is 19.8 Å². The van der Waals surface area contributed by atoms with Crippen LogP contribution in [0.2, 0.25) is 0 Å². The first kappa shape index (κ1) is 44.9. The first-order chi connectivity index (χ1) is 21.1. The van der Waals surface area contributed by atoms with Gasteiger partial charge in [0.2, 0.25) is 0 Å². The van der Waals surface area contributed by atoms with Crippen LogP contribution in [0.5, 0.6) is 0 Å². The smallest absolute Gasteiger partial charge is 0.303 e. The number of hydrogen-bond donors (Lipinski definition) is 6. The van der Waals surface area contributed by atoms with Gasteiger partial charge in [-0.25, -0.2) is 0 Å². The molecule has 0 saturated heterocycles. The Bertz CT molecular complexity index is 569. The maximum atomic E-state index is 10.4. The van der Waals surface area contributed by atoms with E-state index in [2.05, 4.69) is 13.8 Å². The molecule has 0 bridgehead atoms. The van der Waals surface area contributed by atoms with Crippen molar-refractivity contribution in [1.29, 1.82) is 0 Å². The zero-order valence-corrected chi connectivity index (χ0v) is 28.9. The van der Waals surface area contributed by atoms with Crippen LogP contribution >= 0.6 is 0 Å². The molecule has 8 N–H and O–H groups in total. The van der Waals surface area contributed by atoms with E-state index in [1.54, 1.807) is 0 Å². The Balaban J connectivity index is 0. The molecule has 0 aliphatic carbocycles. The lowest BCUT2D eigenvalue weighted by Gasteiger charge is -2.18. The summed E-state index contributed by atoms with van der Waals surface area (Å²) in [5.74, 6) is -1.42. The lowest BCUT2D eigenvalue weighted by Crippen LogP contribution is -2.34. The third kappa shape index (κ3) is 35.3. The first-order valence-corrected chi connectivity index (χ1v) is 18.5. The molecule has 0 rings (SSSR count). The van der Waals surface area contributed by atoms with Crippen molar-refractivity contribution in [3.05, 3.63) is 0 Å². The highest BCUT2D eigenvalue weighted by Gasteiger charge is 2.14. The standard InChI is InChI=1S/2C18H37NO3/c1-2-3-4-5-8-11-14-17(20)16(19)13-10-7-6-9-12-15-18(21)22;1-2-3-4-5-7-10-13-16(19)17(20)14-11-8-6-9-12-15-18(21)22/h2*16-17,20H,2-15,19H2,1H3,(H,21,22). The van der Waals surface area contributed by atoms with Crippen LogP contribution in [0.4, 0.5) is 0 Å². The van der Waals surface area contributed by atoms with Crippen LogP contribution in [0.15, 0.2) is 0 Å². The fourth-order valence-electron chi connectivity index (χ4n) is 5.45. The molecule has 8 nitrogen and oxygen atoms in total. The SMILES string of the molecule is CCCCCCCCC(N)C(O)CCCCCCCC(=O)O.CCCCCCCCC(O)C(N)CCCCCCCC(=O)O. The summed E-state index contributed by atoms with van der Waals surface area (Å²) in [6.45, 7) is 4.44. The molecule has 0 aromatic rings. The second kappa shape index (κ2) is 34.6. The van der Waals surface area contributed by atoms with Gasteiger partial charge in [0.15, 0.2) is 0 Å². The van der Waals surface area contributed by atoms with E-state index in [4.69, 9.17) is 21.7 Å². The zero-order valence-electron chi connectivity index (χ0n) is 28.9. The Morgan fingerprint density at radius 3 is 0.977 bits per heavy atom. The summed E-state index contributed by atoms with van der Waals surface area (Å²) in [5, 5.41) is 37.1. The highest BCUT2D eigenvalue weighted by Crippen LogP contribution is 2.15. The average Bonchev–Trinajstić information content (AvgIpc) is 2.99. The highest BCUT2D eigenvalue weighted by atomic mass is 16.4. The topological polar surface area (TPSA) is 167 Å². The molecule has 0 heterocycles. The Labute approximate surface area is 271 Å². The first-order valence-electron chi connectivity index (χ1n) is 18.5. The second-order valence-corrected chi connectivity index (χ2v) is 13.0. The molecule has 264 valence electrons. The molecule has 0 amide bonds. The minimum atomic E-state index is -0.712. The Morgan fingerprint density at radius 2 is 0.682 bits per heavy atom. The Kier molecular flexibility index (Phi) is 35.4. The van der Waals surface area contributed by atoms with Gasteiger partial charge in [0.05, 0.1) is 12.2 Å². The molecule has 0 aliphatic heterocycles. The van der Waals surface area contributed by atoms with E-state index >= 15 is 0 Å². The third-order valence-electron chi connectivity index (χ3n) is 8.55. The maximum absolute atomic E-state index is 10.4. The summed E-state index contributed by atoms with van der Waals surface area (Å²) < 4.78 is 0. The van der Waals surface area contributed by atoms with Crippen LogP contribution in [0.25, 0.3) is 0 Å². The molecule has 8 heteroatoms. The molecular formula is C36H74N2O6. The number of aliphatic hydroxyl groups is 2. The number of hydrogen-bond acceptors (Lipinski definition) is 6. The van der Waals surface area contributed by atoms with Crippen molar-refractivity contribution in [3.8, 4) is 0 Å². The predicted molar refractivity (Wildman–Crippen MR) is 184 cm³/mol. The van der Waals surface area contributed by atoms with E-state index in [0.29, 0.717) is 0 Å². The lowest BCUT2D eigenvalue weighted by molar-refractivity contribution is -0.138. The van der Waals surface area contributed by atoms with Crippen LogP contribution < -0.4 is 11.5 Å². The fourth-order valence-corrected chi connectivity index (χ4v) is 5.45. The van der Waals surface area contributed by atoms with Gasteiger partial charge in [-0.3, -0.25) is 9.59 Å². The van der Waals surface area contributed by atoms with Gasteiger partial charge < -0.3 is 31.9 Å². The minimum Gasteiger partial charge on any atom is -0.481 e. The molecule has 44 heavy (non-hydrogen) atoms. The number of aliphatic hydroxyl groups excluding tert-OH is 2. The van der Waals surface area contributed by atoms with Gasteiger partial charge >= 0.3 is 11.9 Å². The van der Waals surface area contributed by atoms with Gasteiger partial charge in [0, 0.05) is 24.9 Å². The number of aliphatic carboxylic acids is 2. The molecule has 0 fully saturated rings. The minimum absolute atomic E-state index is 0.0850. The van der Waals surface area contributed by atoms with Gasteiger partial charge in [-0.05, 0) is 38.5 Å². The predicted octanol–water partition coefficient (Wildman–Crippen LogP) is 8.48. The van der Waals surface area contributed by atoms with Crippen LogP contribution in [0, 0.1) is 0 Å². The summed E-state index contributed by atoms with van der Waals surface area (Å²) in [6, 6.07) is -0.187. The Hall–Kier alpha value is -1.22. The van der Waals surface area contributed by atoms with Gasteiger partial charge in [0.25, 0.3) is 0 Å². The van der Waals surface area contributed by atoms with Gasteiger partial charge in [0.1, 0.15) is 0 Å². The highest BCUT2D eigenvalue weighted by molar-refractivity contribution is 5.66. The number of carboxylic acid groups (broad SMARTS) is 2. The molecule has 0 aliphatic rings. The van der Waals surface area contributed by atoms with Gasteiger partial charge in [-0.15, -0.1) is 0 Å². The maximum Gasteiger partial charge on any atom is 0.303 e. The van der Waals surface area contributed by atoms with E-state index in [1.165, 1.54) is 64.2 Å². The quantitative estimate of drug-likeness (QED) is 0.0402. The molecular weight excluding hydrogens is 556 g/mol. The monoisotopic (exact) mass is 631 g/mol. The van der Waals surface area contributed by atoms with Crippen LogP contribution in [-0.4, -0.2) is 56.7 Å². The number of carbonyl (C=O) groups is 2. The molecule has 0 saturated carbocycles. The van der Waals surface area contributed by atoms with Crippen molar-refractivity contribution in [1.82, 2.24) is 0 Å².